The number of carbonyl (C=O) groups is 1. The van der Waals surface area contributed by atoms with Crippen molar-refractivity contribution < 1.29 is 9.53 Å². The molecule has 0 radical (unpaired) electrons. The second-order valence-corrected chi connectivity index (χ2v) is 4.95. The van der Waals surface area contributed by atoms with E-state index in [1.807, 2.05) is 0 Å². The van der Waals surface area contributed by atoms with Crippen LogP contribution >= 0.6 is 23.2 Å². The zero-order valence-corrected chi connectivity index (χ0v) is 10.7. The lowest BCUT2D eigenvalue weighted by atomic mass is 9.94. The highest BCUT2D eigenvalue weighted by Gasteiger charge is 2.31. The van der Waals surface area contributed by atoms with Gasteiger partial charge in [-0.15, -0.1) is 0 Å². The number of carbonyl (C=O) groups excluding carboxylic acids is 1. The Kier molecular flexibility index (Phi) is 4.05. The van der Waals surface area contributed by atoms with Gasteiger partial charge >= 0.3 is 0 Å². The molecule has 1 fully saturated rings. The van der Waals surface area contributed by atoms with Gasteiger partial charge in [-0.25, -0.2) is 0 Å². The molecule has 3 nitrogen and oxygen atoms in total. The molecule has 2 rings (SSSR count). The van der Waals surface area contributed by atoms with E-state index >= 15 is 0 Å². The van der Waals surface area contributed by atoms with Crippen molar-refractivity contribution in [2.24, 2.45) is 11.7 Å². The standard InChI is InChI=1S/C12H13Cl2NO2/c13-9-3-1-2-7(12(9)14)4-11(16)8-5-17-6-10(8)15/h1-3,8,10H,4-6,15H2. The van der Waals surface area contributed by atoms with Crippen LogP contribution in [0.3, 0.4) is 0 Å². The van der Waals surface area contributed by atoms with E-state index in [2.05, 4.69) is 0 Å². The van der Waals surface area contributed by atoms with E-state index in [1.54, 1.807) is 18.2 Å². The van der Waals surface area contributed by atoms with E-state index in [1.165, 1.54) is 0 Å². The lowest BCUT2D eigenvalue weighted by Crippen LogP contribution is -2.34. The van der Waals surface area contributed by atoms with Crippen molar-refractivity contribution in [3.63, 3.8) is 0 Å². The molecule has 5 heteroatoms. The molecule has 1 aromatic rings. The van der Waals surface area contributed by atoms with Crippen LogP contribution in [-0.2, 0) is 16.0 Å². The summed E-state index contributed by atoms with van der Waals surface area (Å²) >= 11 is 11.9. The molecule has 92 valence electrons. The van der Waals surface area contributed by atoms with E-state index in [4.69, 9.17) is 33.7 Å². The summed E-state index contributed by atoms with van der Waals surface area (Å²) in [7, 11) is 0. The number of Topliss-reactive ketones (excluding diaryl/α,β-unsaturated/α-hetero) is 1. The van der Waals surface area contributed by atoms with Crippen molar-refractivity contribution in [2.45, 2.75) is 12.5 Å². The van der Waals surface area contributed by atoms with Gasteiger partial charge in [0.1, 0.15) is 5.78 Å². The Balaban J connectivity index is 2.10. The van der Waals surface area contributed by atoms with Crippen molar-refractivity contribution >= 4 is 29.0 Å². The third-order valence-electron chi connectivity index (χ3n) is 2.93. The van der Waals surface area contributed by atoms with E-state index in [0.717, 1.165) is 5.56 Å². The van der Waals surface area contributed by atoms with Gasteiger partial charge in [0.2, 0.25) is 0 Å². The summed E-state index contributed by atoms with van der Waals surface area (Å²) in [5.41, 5.74) is 6.54. The maximum Gasteiger partial charge on any atom is 0.144 e. The first-order chi connectivity index (χ1) is 8.09. The van der Waals surface area contributed by atoms with Crippen LogP contribution in [0.15, 0.2) is 18.2 Å². The van der Waals surface area contributed by atoms with E-state index in [-0.39, 0.29) is 24.2 Å². The maximum atomic E-state index is 12.0. The molecule has 1 aliphatic heterocycles. The molecule has 0 bridgehead atoms. The van der Waals surface area contributed by atoms with Crippen LogP contribution in [0.1, 0.15) is 5.56 Å². The molecular formula is C12H13Cl2NO2. The van der Waals surface area contributed by atoms with Gasteiger partial charge in [-0.05, 0) is 11.6 Å². The fraction of sp³-hybridized carbons (Fsp3) is 0.417. The lowest BCUT2D eigenvalue weighted by Gasteiger charge is -2.12. The Morgan fingerprint density at radius 3 is 2.82 bits per heavy atom. The fourth-order valence-corrected chi connectivity index (χ4v) is 2.29. The first kappa shape index (κ1) is 12.8. The summed E-state index contributed by atoms with van der Waals surface area (Å²) in [5.74, 6) is -0.177. The van der Waals surface area contributed by atoms with Crippen molar-refractivity contribution in [1.29, 1.82) is 0 Å². The lowest BCUT2D eigenvalue weighted by molar-refractivity contribution is -0.122. The van der Waals surface area contributed by atoms with Crippen molar-refractivity contribution in [1.82, 2.24) is 0 Å². The van der Waals surface area contributed by atoms with Gasteiger partial charge in [-0.2, -0.15) is 0 Å². The van der Waals surface area contributed by atoms with Crippen molar-refractivity contribution in [3.05, 3.63) is 33.8 Å². The molecule has 2 atom stereocenters. The van der Waals surface area contributed by atoms with Crippen molar-refractivity contribution in [3.8, 4) is 0 Å². The molecule has 1 aliphatic rings. The largest absolute Gasteiger partial charge is 0.379 e. The quantitative estimate of drug-likeness (QED) is 0.918. The van der Waals surface area contributed by atoms with Crippen LogP contribution < -0.4 is 5.73 Å². The molecule has 1 heterocycles. The molecule has 0 saturated carbocycles. The maximum absolute atomic E-state index is 12.0. The van der Waals surface area contributed by atoms with E-state index in [0.29, 0.717) is 23.3 Å². The molecule has 2 unspecified atom stereocenters. The third kappa shape index (κ3) is 2.80. The Bertz CT molecular complexity index is 437. The second kappa shape index (κ2) is 5.36. The number of ketones is 1. The van der Waals surface area contributed by atoms with Crippen LogP contribution in [0.4, 0.5) is 0 Å². The molecule has 1 aromatic carbocycles. The summed E-state index contributed by atoms with van der Waals surface area (Å²) in [4.78, 5) is 12.0. The minimum Gasteiger partial charge on any atom is -0.379 e. The summed E-state index contributed by atoms with van der Waals surface area (Å²) in [5, 5.41) is 0.902. The number of hydrogen-bond donors (Lipinski definition) is 1. The van der Waals surface area contributed by atoms with Gasteiger partial charge < -0.3 is 10.5 Å². The summed E-state index contributed by atoms with van der Waals surface area (Å²) in [6, 6.07) is 5.07. The Morgan fingerprint density at radius 1 is 1.41 bits per heavy atom. The van der Waals surface area contributed by atoms with Gasteiger partial charge in [-0.3, -0.25) is 4.79 Å². The number of ether oxygens (including phenoxy) is 1. The van der Waals surface area contributed by atoms with Crippen LogP contribution in [-0.4, -0.2) is 25.0 Å². The number of nitrogens with two attached hydrogens (primary N) is 1. The Hall–Kier alpha value is -0.610. The van der Waals surface area contributed by atoms with Crippen LogP contribution in [0.2, 0.25) is 10.0 Å². The average Bonchev–Trinajstić information content (AvgIpc) is 2.71. The summed E-state index contributed by atoms with van der Waals surface area (Å²) in [6.45, 7) is 0.845. The van der Waals surface area contributed by atoms with Crippen molar-refractivity contribution in [2.75, 3.05) is 13.2 Å². The topological polar surface area (TPSA) is 52.3 Å². The predicted octanol–water partition coefficient (Wildman–Crippen LogP) is 2.08. The number of benzene rings is 1. The first-order valence-electron chi connectivity index (χ1n) is 5.38. The smallest absolute Gasteiger partial charge is 0.144 e. The second-order valence-electron chi connectivity index (χ2n) is 4.16. The van der Waals surface area contributed by atoms with Gasteiger partial charge in [0.05, 0.1) is 29.2 Å². The zero-order valence-electron chi connectivity index (χ0n) is 9.16. The molecule has 0 aliphatic carbocycles. The highest BCUT2D eigenvalue weighted by atomic mass is 35.5. The molecule has 1 saturated heterocycles. The molecule has 0 amide bonds. The SMILES string of the molecule is NC1COCC1C(=O)Cc1cccc(Cl)c1Cl. The number of hydrogen-bond acceptors (Lipinski definition) is 3. The van der Waals surface area contributed by atoms with Gasteiger partial charge in [0.25, 0.3) is 0 Å². The number of rotatable bonds is 3. The monoisotopic (exact) mass is 273 g/mol. The minimum atomic E-state index is -0.231. The van der Waals surface area contributed by atoms with Gasteiger partial charge in [-0.1, -0.05) is 35.3 Å². The molecular weight excluding hydrogens is 261 g/mol. The Labute approximate surface area is 110 Å². The Morgan fingerprint density at radius 2 is 2.18 bits per heavy atom. The zero-order chi connectivity index (χ0) is 12.4. The normalized spacial score (nSPS) is 23.9. The summed E-state index contributed by atoms with van der Waals surface area (Å²) in [6.07, 6.45) is 0.251. The third-order valence-corrected chi connectivity index (χ3v) is 3.79. The minimum absolute atomic E-state index is 0.0548. The van der Waals surface area contributed by atoms with Crippen LogP contribution in [0, 0.1) is 5.92 Å². The fourth-order valence-electron chi connectivity index (χ4n) is 1.91. The molecule has 2 N–H and O–H groups in total. The highest BCUT2D eigenvalue weighted by molar-refractivity contribution is 6.42. The first-order valence-corrected chi connectivity index (χ1v) is 6.14. The predicted molar refractivity (Wildman–Crippen MR) is 67.5 cm³/mol. The summed E-state index contributed by atoms with van der Waals surface area (Å²) < 4.78 is 5.18. The van der Waals surface area contributed by atoms with Crippen LogP contribution in [0.25, 0.3) is 0 Å². The van der Waals surface area contributed by atoms with E-state index < -0.39 is 0 Å². The molecule has 0 spiro atoms. The molecule has 17 heavy (non-hydrogen) atoms. The van der Waals surface area contributed by atoms with Crippen LogP contribution in [0.5, 0.6) is 0 Å². The van der Waals surface area contributed by atoms with Gasteiger partial charge in [0, 0.05) is 12.5 Å². The van der Waals surface area contributed by atoms with E-state index in [9.17, 15) is 4.79 Å². The average molecular weight is 274 g/mol. The molecule has 0 aromatic heterocycles. The van der Waals surface area contributed by atoms with Gasteiger partial charge in [0.15, 0.2) is 0 Å². The number of halogens is 2. The highest BCUT2D eigenvalue weighted by Crippen LogP contribution is 2.27.